The molecule has 140 valence electrons. The first-order valence-corrected chi connectivity index (χ1v) is 8.78. The predicted molar refractivity (Wildman–Crippen MR) is 113 cm³/mol. The van der Waals surface area contributed by atoms with Crippen LogP contribution < -0.4 is 5.32 Å². The average Bonchev–Trinajstić information content (AvgIpc) is 2.52. The number of likely N-dealkylation sites (N-methyl/N-ethyl adjacent to an activating group) is 1. The van der Waals surface area contributed by atoms with E-state index in [9.17, 15) is 4.79 Å². The van der Waals surface area contributed by atoms with Crippen molar-refractivity contribution >= 4 is 11.5 Å². The van der Waals surface area contributed by atoms with Crippen molar-refractivity contribution < 1.29 is 4.79 Å². The van der Waals surface area contributed by atoms with Gasteiger partial charge in [-0.25, -0.2) is 0 Å². The first-order valence-electron chi connectivity index (χ1n) is 8.78. The molecule has 0 unspecified atom stereocenters. The van der Waals surface area contributed by atoms with E-state index in [-0.39, 0.29) is 11.8 Å². The molecule has 3 nitrogen and oxygen atoms in total. The van der Waals surface area contributed by atoms with Gasteiger partial charge in [0.2, 0.25) is 0 Å². The molecule has 0 saturated carbocycles. The molecule has 0 saturated heterocycles. The second-order valence-corrected chi connectivity index (χ2v) is 6.01. The molecule has 0 aliphatic heterocycles. The second kappa shape index (κ2) is 15.5. The minimum atomic E-state index is 0.0648. The Balaban J connectivity index is 0. The van der Waals surface area contributed by atoms with Crippen LogP contribution in [-0.4, -0.2) is 24.6 Å². The first-order chi connectivity index (χ1) is 11.7. The average molecular weight is 345 g/mol. The first kappa shape index (κ1) is 25.2. The highest BCUT2D eigenvalue weighted by Crippen LogP contribution is 2.07. The molecule has 0 aromatic rings. The molecule has 3 heteroatoms. The van der Waals surface area contributed by atoms with Crippen LogP contribution in [0.5, 0.6) is 0 Å². The Bertz CT molecular complexity index is 540. The Morgan fingerprint density at radius 3 is 2.08 bits per heavy atom. The van der Waals surface area contributed by atoms with Gasteiger partial charge in [0.25, 0.3) is 0 Å². The summed E-state index contributed by atoms with van der Waals surface area (Å²) in [5.74, 6) is 0.218. The molecular weight excluding hydrogens is 308 g/mol. The van der Waals surface area contributed by atoms with Crippen LogP contribution in [-0.2, 0) is 4.79 Å². The lowest BCUT2D eigenvalue weighted by Gasteiger charge is -2.07. The van der Waals surface area contributed by atoms with Gasteiger partial charge in [0.05, 0.1) is 11.8 Å². The molecule has 0 spiro atoms. The molecule has 0 amide bonds. The zero-order valence-corrected chi connectivity index (χ0v) is 17.1. The van der Waals surface area contributed by atoms with E-state index in [1.54, 1.807) is 26.2 Å². The lowest BCUT2D eigenvalue weighted by molar-refractivity contribution is -0.118. The number of Topliss-reactive ketones (excluding diaryl/α,β-unsaturated/α-hetero) is 1. The van der Waals surface area contributed by atoms with E-state index in [1.807, 2.05) is 19.1 Å². The van der Waals surface area contributed by atoms with E-state index in [0.29, 0.717) is 0 Å². The van der Waals surface area contributed by atoms with Crippen LogP contribution in [0.4, 0.5) is 0 Å². The Kier molecular flexibility index (Phi) is 15.7. The molecule has 1 N–H and O–H groups in total. The summed E-state index contributed by atoms with van der Waals surface area (Å²) in [4.78, 5) is 14.9. The van der Waals surface area contributed by atoms with Crippen LogP contribution in [0, 0.1) is 0 Å². The van der Waals surface area contributed by atoms with E-state index >= 15 is 0 Å². The van der Waals surface area contributed by atoms with Gasteiger partial charge >= 0.3 is 0 Å². The molecule has 25 heavy (non-hydrogen) atoms. The van der Waals surface area contributed by atoms with Gasteiger partial charge in [-0.15, -0.1) is 0 Å². The summed E-state index contributed by atoms with van der Waals surface area (Å²) in [5.41, 5.74) is 4.14. The lowest BCUT2D eigenvalue weighted by Crippen LogP contribution is -2.31. The van der Waals surface area contributed by atoms with Crippen LogP contribution in [0.15, 0.2) is 65.4 Å². The molecular formula is C22H36N2O. The highest BCUT2D eigenvalue weighted by molar-refractivity contribution is 6.10. The molecule has 0 aliphatic rings. The maximum absolute atomic E-state index is 10.5. The van der Waals surface area contributed by atoms with Crippen LogP contribution in [0.2, 0.25) is 0 Å². The third-order valence-corrected chi connectivity index (χ3v) is 3.24. The fourth-order valence-electron chi connectivity index (χ4n) is 2.05. The molecule has 0 fully saturated rings. The zero-order chi connectivity index (χ0) is 19.8. The number of rotatable bonds is 9. The van der Waals surface area contributed by atoms with Crippen molar-refractivity contribution in [3.63, 3.8) is 0 Å². The molecule has 0 radical (unpaired) electrons. The second-order valence-electron chi connectivity index (χ2n) is 6.01. The van der Waals surface area contributed by atoms with Crippen LogP contribution in [0.1, 0.15) is 54.4 Å². The van der Waals surface area contributed by atoms with E-state index in [4.69, 9.17) is 0 Å². The zero-order valence-electron chi connectivity index (χ0n) is 17.1. The molecule has 0 aromatic heterocycles. The summed E-state index contributed by atoms with van der Waals surface area (Å²) in [7, 11) is 1.80. The Hall–Kier alpha value is -2.00. The summed E-state index contributed by atoms with van der Waals surface area (Å²) < 4.78 is 0. The maximum atomic E-state index is 10.5. The highest BCUT2D eigenvalue weighted by Gasteiger charge is 2.05. The normalized spacial score (nSPS) is 12.9. The molecule has 0 aromatic carbocycles. The minimum Gasteiger partial charge on any atom is -0.311 e. The third-order valence-electron chi connectivity index (χ3n) is 3.24. The monoisotopic (exact) mass is 344 g/mol. The van der Waals surface area contributed by atoms with E-state index in [0.717, 1.165) is 24.1 Å². The Morgan fingerprint density at radius 2 is 1.76 bits per heavy atom. The van der Waals surface area contributed by atoms with Gasteiger partial charge in [-0.05, 0) is 59.2 Å². The van der Waals surface area contributed by atoms with Crippen LogP contribution in [0.3, 0.4) is 0 Å². The Morgan fingerprint density at radius 1 is 1.16 bits per heavy atom. The lowest BCUT2D eigenvalue weighted by atomic mass is 10.1. The van der Waals surface area contributed by atoms with Crippen molar-refractivity contribution in [2.24, 2.45) is 4.99 Å². The van der Waals surface area contributed by atoms with E-state index < -0.39 is 0 Å². The number of carbonyl (C=O) groups excluding carboxylic acids is 1. The minimum absolute atomic E-state index is 0.0648. The topological polar surface area (TPSA) is 41.5 Å². The van der Waals surface area contributed by atoms with E-state index in [2.05, 4.69) is 57.2 Å². The summed E-state index contributed by atoms with van der Waals surface area (Å²) >= 11 is 0. The van der Waals surface area contributed by atoms with Gasteiger partial charge in [0.15, 0.2) is 0 Å². The van der Waals surface area contributed by atoms with Gasteiger partial charge in [-0.3, -0.25) is 9.79 Å². The largest absolute Gasteiger partial charge is 0.311 e. The number of nitrogens with zero attached hydrogens (tertiary/aromatic N) is 1. The van der Waals surface area contributed by atoms with Crippen molar-refractivity contribution in [1.29, 1.82) is 0 Å². The number of hydrogen-bond acceptors (Lipinski definition) is 3. The van der Waals surface area contributed by atoms with Crippen LogP contribution >= 0.6 is 0 Å². The summed E-state index contributed by atoms with van der Waals surface area (Å²) in [6, 6.07) is 0.0648. The predicted octanol–water partition coefficient (Wildman–Crippen LogP) is 5.58. The standard InChI is InChI=1S/C16H23N.C6H13NO/c1-7-9-10-17-16(8-2)15(6)12-14(5)11-13(3)4;1-4-6(7-3)5(2)8/h8-12H,2,6-7H2,1,3-5H3;6-7H,4H2,1-3H3/b10-9-,14-12-,17-16?;/t;6-/m.0/s1. The summed E-state index contributed by atoms with van der Waals surface area (Å²) in [6.45, 7) is 19.6. The van der Waals surface area contributed by atoms with Crippen LogP contribution in [0.25, 0.3) is 0 Å². The van der Waals surface area contributed by atoms with Crippen molar-refractivity contribution in [2.45, 2.75) is 60.4 Å². The molecule has 0 bridgehead atoms. The highest BCUT2D eigenvalue weighted by atomic mass is 16.1. The van der Waals surface area contributed by atoms with Gasteiger partial charge in [-0.1, -0.05) is 56.4 Å². The van der Waals surface area contributed by atoms with Crippen molar-refractivity contribution in [3.05, 3.63) is 60.4 Å². The molecule has 0 aliphatic carbocycles. The van der Waals surface area contributed by atoms with Gasteiger partial charge < -0.3 is 5.32 Å². The number of aliphatic imine (C=N–C) groups is 1. The third kappa shape index (κ3) is 14.1. The molecule has 1 atom stereocenters. The Labute approximate surface area is 155 Å². The number of allylic oxidation sites excluding steroid dienone is 7. The smallest absolute Gasteiger partial charge is 0.146 e. The van der Waals surface area contributed by atoms with Crippen molar-refractivity contribution in [3.8, 4) is 0 Å². The number of ketones is 1. The van der Waals surface area contributed by atoms with E-state index in [1.165, 1.54) is 11.1 Å². The van der Waals surface area contributed by atoms with Gasteiger partial charge in [-0.2, -0.15) is 0 Å². The van der Waals surface area contributed by atoms with Gasteiger partial charge in [0.1, 0.15) is 5.78 Å². The fourth-order valence-corrected chi connectivity index (χ4v) is 2.05. The molecule has 0 heterocycles. The quantitative estimate of drug-likeness (QED) is 0.438. The number of hydrogen-bond donors (Lipinski definition) is 1. The number of nitrogens with one attached hydrogen (secondary N) is 1. The van der Waals surface area contributed by atoms with Crippen molar-refractivity contribution in [2.75, 3.05) is 7.05 Å². The number of carbonyl (C=O) groups is 1. The van der Waals surface area contributed by atoms with Crippen molar-refractivity contribution in [1.82, 2.24) is 5.32 Å². The fraction of sp³-hybridized carbons (Fsp3) is 0.455. The van der Waals surface area contributed by atoms with Gasteiger partial charge in [0, 0.05) is 6.20 Å². The summed E-state index contributed by atoms with van der Waals surface area (Å²) in [5, 5.41) is 2.90. The SMILES string of the molecule is C=CC(=N/C=C\CC)C(=C)/C=C(/C)C=C(C)C.CC[C@H](NC)C(C)=O. The molecule has 0 rings (SSSR count). The maximum Gasteiger partial charge on any atom is 0.146 e. The summed E-state index contributed by atoms with van der Waals surface area (Å²) in [6.07, 6.45) is 11.5.